The van der Waals surface area contributed by atoms with Crippen molar-refractivity contribution < 1.29 is 4.79 Å². The van der Waals surface area contributed by atoms with E-state index in [0.29, 0.717) is 45.6 Å². The van der Waals surface area contributed by atoms with Crippen LogP contribution in [0.4, 0.5) is 5.69 Å². The summed E-state index contributed by atoms with van der Waals surface area (Å²) in [7, 11) is 0. The van der Waals surface area contributed by atoms with Gasteiger partial charge in [0.15, 0.2) is 5.69 Å². The molecule has 4 rings (SSSR count). The van der Waals surface area contributed by atoms with Gasteiger partial charge in [0.1, 0.15) is 5.82 Å². The second-order valence-corrected chi connectivity index (χ2v) is 7.31. The van der Waals surface area contributed by atoms with Gasteiger partial charge in [0.05, 0.1) is 11.4 Å². The van der Waals surface area contributed by atoms with Crippen LogP contribution in [0.3, 0.4) is 0 Å². The van der Waals surface area contributed by atoms with Crippen LogP contribution >= 0.6 is 11.6 Å². The number of hydrogen-bond acceptors (Lipinski definition) is 5. The van der Waals surface area contributed by atoms with Gasteiger partial charge in [-0.05, 0) is 43.7 Å². The van der Waals surface area contributed by atoms with E-state index in [1.807, 2.05) is 13.0 Å². The number of carbonyl (C=O) groups is 1. The first-order chi connectivity index (χ1) is 14.9. The summed E-state index contributed by atoms with van der Waals surface area (Å²) < 4.78 is 0. The third kappa shape index (κ3) is 4.54. The summed E-state index contributed by atoms with van der Waals surface area (Å²) in [5.74, 6) is 0.0511. The molecule has 0 aliphatic rings. The number of H-pyrrole nitrogens is 1. The van der Waals surface area contributed by atoms with E-state index in [9.17, 15) is 9.59 Å². The molecule has 0 bridgehead atoms. The van der Waals surface area contributed by atoms with Gasteiger partial charge in [-0.3, -0.25) is 9.59 Å². The minimum Gasteiger partial charge on any atom is -0.321 e. The predicted octanol–water partition coefficient (Wildman–Crippen LogP) is 3.79. The van der Waals surface area contributed by atoms with Crippen LogP contribution in [-0.2, 0) is 6.42 Å². The van der Waals surface area contributed by atoms with Crippen molar-refractivity contribution in [3.8, 4) is 17.1 Å². The number of anilines is 1. The molecule has 2 aromatic heterocycles. The van der Waals surface area contributed by atoms with Crippen molar-refractivity contribution in [2.75, 3.05) is 5.32 Å². The second kappa shape index (κ2) is 8.53. The number of hydrogen-bond donors (Lipinski definition) is 2. The zero-order valence-electron chi connectivity index (χ0n) is 16.9. The number of aryl methyl sites for hydroxylation is 2. The molecule has 9 heteroatoms. The molecular formula is C22H19ClN6O2. The number of carbonyl (C=O) groups excluding carboxylic acids is 1. The topological polar surface area (TPSA) is 106 Å². The molecule has 0 aliphatic carbocycles. The van der Waals surface area contributed by atoms with E-state index in [-0.39, 0.29) is 11.3 Å². The van der Waals surface area contributed by atoms with E-state index in [2.05, 4.69) is 25.5 Å². The standard InChI is InChI=1S/C22H19ClN6O2/c1-3-16-12-19(30)26-21(24-16)14-6-4-8-17(10-14)25-22(31)20-13(2)27-29(28-20)18-9-5-7-15(23)11-18/h4-12H,3H2,1-2H3,(H,25,31)(H,24,26,30). The summed E-state index contributed by atoms with van der Waals surface area (Å²) in [5.41, 5.74) is 3.04. The fourth-order valence-corrected chi connectivity index (χ4v) is 3.25. The van der Waals surface area contributed by atoms with Gasteiger partial charge in [-0.25, -0.2) is 4.98 Å². The Hall–Kier alpha value is -3.78. The predicted molar refractivity (Wildman–Crippen MR) is 119 cm³/mol. The van der Waals surface area contributed by atoms with Gasteiger partial charge in [0, 0.05) is 28.0 Å². The van der Waals surface area contributed by atoms with Crippen molar-refractivity contribution in [1.29, 1.82) is 0 Å². The molecule has 2 heterocycles. The molecule has 2 N–H and O–H groups in total. The summed E-state index contributed by atoms with van der Waals surface area (Å²) in [5, 5.41) is 12.0. The fourth-order valence-electron chi connectivity index (χ4n) is 3.06. The lowest BCUT2D eigenvalue weighted by molar-refractivity contribution is 0.102. The zero-order valence-corrected chi connectivity index (χ0v) is 17.6. The summed E-state index contributed by atoms with van der Waals surface area (Å²) in [6.07, 6.45) is 0.648. The smallest absolute Gasteiger partial charge is 0.278 e. The number of amides is 1. The average molecular weight is 435 g/mol. The first kappa shape index (κ1) is 20.5. The fraction of sp³-hybridized carbons (Fsp3) is 0.136. The van der Waals surface area contributed by atoms with Gasteiger partial charge >= 0.3 is 0 Å². The highest BCUT2D eigenvalue weighted by Gasteiger charge is 2.17. The highest BCUT2D eigenvalue weighted by molar-refractivity contribution is 6.30. The number of nitrogens with one attached hydrogen (secondary N) is 2. The van der Waals surface area contributed by atoms with Crippen LogP contribution in [-0.4, -0.2) is 30.9 Å². The quantitative estimate of drug-likeness (QED) is 0.497. The minimum atomic E-state index is -0.397. The first-order valence-corrected chi connectivity index (χ1v) is 10.0. The number of aromatic nitrogens is 5. The molecule has 31 heavy (non-hydrogen) atoms. The van der Waals surface area contributed by atoms with Crippen LogP contribution in [0.2, 0.25) is 5.02 Å². The van der Waals surface area contributed by atoms with Crippen LogP contribution < -0.4 is 10.9 Å². The Labute approximate surface area is 182 Å². The van der Waals surface area contributed by atoms with Crippen molar-refractivity contribution in [1.82, 2.24) is 25.0 Å². The molecule has 1 amide bonds. The van der Waals surface area contributed by atoms with E-state index < -0.39 is 5.91 Å². The first-order valence-electron chi connectivity index (χ1n) is 9.65. The van der Waals surface area contributed by atoms with Gasteiger partial charge in [0.25, 0.3) is 11.5 Å². The van der Waals surface area contributed by atoms with E-state index in [1.54, 1.807) is 49.4 Å². The van der Waals surface area contributed by atoms with Gasteiger partial charge in [-0.15, -0.1) is 5.10 Å². The average Bonchev–Trinajstić information content (AvgIpc) is 3.15. The zero-order chi connectivity index (χ0) is 22.0. The van der Waals surface area contributed by atoms with Crippen LogP contribution in [0.1, 0.15) is 28.8 Å². The van der Waals surface area contributed by atoms with Gasteiger partial charge in [0.2, 0.25) is 0 Å². The largest absolute Gasteiger partial charge is 0.321 e. The molecule has 0 unspecified atom stereocenters. The Balaban J connectivity index is 1.59. The van der Waals surface area contributed by atoms with Crippen molar-refractivity contribution in [2.24, 2.45) is 0 Å². The van der Waals surface area contributed by atoms with E-state index in [4.69, 9.17) is 11.6 Å². The Kier molecular flexibility index (Phi) is 5.64. The number of nitrogens with zero attached hydrogens (tertiary/aromatic N) is 4. The van der Waals surface area contributed by atoms with Crippen LogP contribution in [0.25, 0.3) is 17.1 Å². The maximum Gasteiger partial charge on any atom is 0.278 e. The van der Waals surface area contributed by atoms with Crippen LogP contribution in [0.5, 0.6) is 0 Å². The van der Waals surface area contributed by atoms with Gasteiger partial charge in [-0.2, -0.15) is 9.90 Å². The molecule has 0 fully saturated rings. The molecule has 0 saturated heterocycles. The summed E-state index contributed by atoms with van der Waals surface area (Å²) in [4.78, 5) is 33.3. The highest BCUT2D eigenvalue weighted by atomic mass is 35.5. The lowest BCUT2D eigenvalue weighted by Crippen LogP contribution is -2.14. The third-order valence-electron chi connectivity index (χ3n) is 4.59. The highest BCUT2D eigenvalue weighted by Crippen LogP contribution is 2.20. The molecular weight excluding hydrogens is 416 g/mol. The molecule has 0 aliphatic heterocycles. The van der Waals surface area contributed by atoms with Gasteiger partial charge < -0.3 is 10.3 Å². The SMILES string of the molecule is CCc1cc(=O)[nH]c(-c2cccc(NC(=O)c3nn(-c4cccc(Cl)c4)nc3C)c2)n1. The number of rotatable bonds is 5. The Morgan fingerprint density at radius 3 is 2.71 bits per heavy atom. The van der Waals surface area contributed by atoms with E-state index in [0.717, 1.165) is 0 Å². The molecule has 2 aromatic carbocycles. The molecule has 8 nitrogen and oxygen atoms in total. The number of aromatic amines is 1. The van der Waals surface area contributed by atoms with Crippen molar-refractivity contribution in [2.45, 2.75) is 20.3 Å². The Bertz CT molecular complexity index is 1330. The maximum absolute atomic E-state index is 12.8. The Morgan fingerprint density at radius 2 is 1.94 bits per heavy atom. The summed E-state index contributed by atoms with van der Waals surface area (Å²) >= 11 is 6.03. The van der Waals surface area contributed by atoms with Gasteiger partial charge in [-0.1, -0.05) is 36.7 Å². The van der Waals surface area contributed by atoms with Crippen molar-refractivity contribution in [3.63, 3.8) is 0 Å². The maximum atomic E-state index is 12.8. The van der Waals surface area contributed by atoms with E-state index >= 15 is 0 Å². The molecule has 0 radical (unpaired) electrons. The second-order valence-electron chi connectivity index (χ2n) is 6.88. The lowest BCUT2D eigenvalue weighted by atomic mass is 10.1. The molecule has 156 valence electrons. The molecule has 0 saturated carbocycles. The molecule has 0 atom stereocenters. The monoisotopic (exact) mass is 434 g/mol. The number of halogens is 1. The molecule has 0 spiro atoms. The Morgan fingerprint density at radius 1 is 1.13 bits per heavy atom. The normalized spacial score (nSPS) is 10.8. The third-order valence-corrected chi connectivity index (χ3v) is 4.82. The van der Waals surface area contributed by atoms with E-state index in [1.165, 1.54) is 10.9 Å². The lowest BCUT2D eigenvalue weighted by Gasteiger charge is -2.07. The van der Waals surface area contributed by atoms with Crippen molar-refractivity contribution in [3.05, 3.63) is 87.1 Å². The number of benzene rings is 2. The summed E-state index contributed by atoms with van der Waals surface area (Å²) in [6.45, 7) is 3.64. The van der Waals surface area contributed by atoms with Crippen LogP contribution in [0.15, 0.2) is 59.4 Å². The van der Waals surface area contributed by atoms with Crippen molar-refractivity contribution >= 4 is 23.2 Å². The van der Waals surface area contributed by atoms with Crippen LogP contribution in [0, 0.1) is 6.92 Å². The minimum absolute atomic E-state index is 0.199. The summed E-state index contributed by atoms with van der Waals surface area (Å²) in [6, 6.07) is 15.6. The molecule has 4 aromatic rings.